The van der Waals surface area contributed by atoms with Crippen molar-refractivity contribution in [1.29, 1.82) is 0 Å². The van der Waals surface area contributed by atoms with Crippen LogP contribution >= 0.6 is 0 Å². The van der Waals surface area contributed by atoms with Gasteiger partial charge in [-0.1, -0.05) is 36.4 Å². The van der Waals surface area contributed by atoms with E-state index >= 15 is 0 Å². The van der Waals surface area contributed by atoms with Crippen LogP contribution in [0.25, 0.3) is 16.9 Å². The molecule has 172 valence electrons. The van der Waals surface area contributed by atoms with Crippen LogP contribution in [0.3, 0.4) is 0 Å². The van der Waals surface area contributed by atoms with E-state index in [1.54, 1.807) is 10.7 Å². The van der Waals surface area contributed by atoms with E-state index < -0.39 is 0 Å². The normalized spacial score (nSPS) is 15.7. The molecule has 2 aliphatic heterocycles. The molecule has 0 N–H and O–H groups in total. The molecule has 1 saturated heterocycles. The van der Waals surface area contributed by atoms with Crippen LogP contribution in [-0.4, -0.2) is 63.3 Å². The minimum atomic E-state index is 0.00592. The van der Waals surface area contributed by atoms with Crippen LogP contribution in [0.15, 0.2) is 60.8 Å². The average molecular weight is 456 g/mol. The topological polar surface area (TPSA) is 72.2 Å². The van der Waals surface area contributed by atoms with Crippen molar-refractivity contribution >= 4 is 11.6 Å². The highest BCUT2D eigenvalue weighted by atomic mass is 16.7. The first-order valence-electron chi connectivity index (χ1n) is 11.5. The fourth-order valence-corrected chi connectivity index (χ4v) is 4.59. The Bertz CT molecular complexity index is 1360. The summed E-state index contributed by atoms with van der Waals surface area (Å²) in [5.41, 5.74) is 5.19. The Kier molecular flexibility index (Phi) is 5.15. The SMILES string of the molecule is Cc1c(C(=O)N2CCN(Cc3ccc4c(c3)OCO4)CC2)cnc2cc(-c3ccccc3)nn12. The largest absolute Gasteiger partial charge is 0.454 e. The lowest BCUT2D eigenvalue weighted by molar-refractivity contribution is 0.0626. The number of carbonyl (C=O) groups is 1. The number of amides is 1. The van der Waals surface area contributed by atoms with Gasteiger partial charge in [-0.3, -0.25) is 9.69 Å². The van der Waals surface area contributed by atoms with E-state index in [-0.39, 0.29) is 12.7 Å². The van der Waals surface area contributed by atoms with E-state index in [4.69, 9.17) is 14.6 Å². The zero-order chi connectivity index (χ0) is 23.1. The first-order chi connectivity index (χ1) is 16.7. The fourth-order valence-electron chi connectivity index (χ4n) is 4.59. The average Bonchev–Trinajstić information content (AvgIpc) is 3.52. The second-order valence-electron chi connectivity index (χ2n) is 8.68. The van der Waals surface area contributed by atoms with Gasteiger partial charge in [0.25, 0.3) is 5.91 Å². The van der Waals surface area contributed by atoms with Crippen LogP contribution in [0, 0.1) is 6.92 Å². The molecule has 1 amide bonds. The van der Waals surface area contributed by atoms with Gasteiger partial charge in [-0.15, -0.1) is 0 Å². The Hall–Kier alpha value is -3.91. The summed E-state index contributed by atoms with van der Waals surface area (Å²) < 4.78 is 12.7. The minimum absolute atomic E-state index is 0.00592. The third-order valence-corrected chi connectivity index (χ3v) is 6.53. The number of ether oxygens (including phenoxy) is 2. The number of hydrogen-bond acceptors (Lipinski definition) is 6. The minimum Gasteiger partial charge on any atom is -0.454 e. The maximum Gasteiger partial charge on any atom is 0.257 e. The van der Waals surface area contributed by atoms with Gasteiger partial charge in [-0.05, 0) is 24.6 Å². The second kappa shape index (κ2) is 8.46. The van der Waals surface area contributed by atoms with E-state index in [9.17, 15) is 4.79 Å². The van der Waals surface area contributed by atoms with E-state index in [1.807, 2.05) is 60.4 Å². The number of piperazine rings is 1. The van der Waals surface area contributed by atoms with Crippen molar-refractivity contribution < 1.29 is 14.3 Å². The lowest BCUT2D eigenvalue weighted by Gasteiger charge is -2.35. The van der Waals surface area contributed by atoms with Crippen LogP contribution in [0.5, 0.6) is 11.5 Å². The molecule has 0 saturated carbocycles. The summed E-state index contributed by atoms with van der Waals surface area (Å²) >= 11 is 0. The number of fused-ring (bicyclic) bond motifs is 2. The van der Waals surface area contributed by atoms with Crippen molar-refractivity contribution in [1.82, 2.24) is 24.4 Å². The maximum atomic E-state index is 13.3. The fraction of sp³-hybridized carbons (Fsp3) is 0.269. The van der Waals surface area contributed by atoms with Gasteiger partial charge in [-0.2, -0.15) is 5.10 Å². The van der Waals surface area contributed by atoms with Crippen molar-refractivity contribution in [2.45, 2.75) is 13.5 Å². The van der Waals surface area contributed by atoms with Crippen LogP contribution < -0.4 is 9.47 Å². The van der Waals surface area contributed by atoms with Crippen molar-refractivity contribution in [3.63, 3.8) is 0 Å². The number of hydrogen-bond donors (Lipinski definition) is 0. The van der Waals surface area contributed by atoms with Gasteiger partial charge in [0.15, 0.2) is 17.1 Å². The highest BCUT2D eigenvalue weighted by Crippen LogP contribution is 2.33. The first kappa shape index (κ1) is 20.7. The molecule has 2 aliphatic rings. The number of aromatic nitrogens is 3. The van der Waals surface area contributed by atoms with Gasteiger partial charge in [0.2, 0.25) is 6.79 Å². The monoisotopic (exact) mass is 455 g/mol. The zero-order valence-electron chi connectivity index (χ0n) is 19.0. The number of aryl methyl sites for hydroxylation is 1. The smallest absolute Gasteiger partial charge is 0.257 e. The third kappa shape index (κ3) is 3.76. The van der Waals surface area contributed by atoms with E-state index in [0.29, 0.717) is 18.7 Å². The quantitative estimate of drug-likeness (QED) is 0.470. The molecule has 8 heteroatoms. The van der Waals surface area contributed by atoms with Gasteiger partial charge < -0.3 is 14.4 Å². The number of nitrogens with zero attached hydrogens (tertiary/aromatic N) is 5. The highest BCUT2D eigenvalue weighted by Gasteiger charge is 2.25. The molecule has 0 bridgehead atoms. The van der Waals surface area contributed by atoms with Crippen molar-refractivity contribution in [2.75, 3.05) is 33.0 Å². The molecule has 8 nitrogen and oxygen atoms in total. The Labute approximate surface area is 197 Å². The summed E-state index contributed by atoms with van der Waals surface area (Å²) in [4.78, 5) is 22.1. The number of benzene rings is 2. The lowest BCUT2D eigenvalue weighted by atomic mass is 10.1. The van der Waals surface area contributed by atoms with E-state index in [1.165, 1.54) is 5.56 Å². The van der Waals surface area contributed by atoms with E-state index in [2.05, 4.69) is 16.0 Å². The molecule has 0 radical (unpaired) electrons. The molecule has 1 fully saturated rings. The van der Waals surface area contributed by atoms with Crippen LogP contribution in [-0.2, 0) is 6.54 Å². The molecule has 0 unspecified atom stereocenters. The lowest BCUT2D eigenvalue weighted by Crippen LogP contribution is -2.48. The molecule has 0 atom stereocenters. The Morgan fingerprint density at radius 1 is 0.971 bits per heavy atom. The molecule has 6 rings (SSSR count). The van der Waals surface area contributed by atoms with Crippen LogP contribution in [0.1, 0.15) is 21.6 Å². The van der Waals surface area contributed by atoms with Crippen molar-refractivity contribution in [3.8, 4) is 22.8 Å². The summed E-state index contributed by atoms with van der Waals surface area (Å²) in [6, 6.07) is 18.0. The molecule has 2 aromatic carbocycles. The molecule has 34 heavy (non-hydrogen) atoms. The molecule has 2 aromatic heterocycles. The summed E-state index contributed by atoms with van der Waals surface area (Å²) in [5, 5.41) is 4.71. The Balaban J connectivity index is 1.14. The molecule has 4 aromatic rings. The van der Waals surface area contributed by atoms with Crippen molar-refractivity contribution in [3.05, 3.63) is 77.6 Å². The van der Waals surface area contributed by atoms with Crippen LogP contribution in [0.4, 0.5) is 0 Å². The van der Waals surface area contributed by atoms with Gasteiger partial charge >= 0.3 is 0 Å². The number of carbonyl (C=O) groups excluding carboxylic acids is 1. The van der Waals surface area contributed by atoms with Crippen LogP contribution in [0.2, 0.25) is 0 Å². The maximum absolute atomic E-state index is 13.3. The standard InChI is InChI=1S/C26H25N5O3/c1-18-21(15-27-25-14-22(28-31(18)25)20-5-3-2-4-6-20)26(32)30-11-9-29(10-12-30)16-19-7-8-23-24(13-19)34-17-33-23/h2-8,13-15H,9-12,16-17H2,1H3. The molecule has 4 heterocycles. The molecular weight excluding hydrogens is 430 g/mol. The second-order valence-corrected chi connectivity index (χ2v) is 8.68. The van der Waals surface area contributed by atoms with E-state index in [0.717, 1.165) is 53.7 Å². The summed E-state index contributed by atoms with van der Waals surface area (Å²) in [7, 11) is 0. The zero-order valence-corrected chi connectivity index (χ0v) is 19.0. The number of rotatable bonds is 4. The predicted octanol–water partition coefficient (Wildman–Crippen LogP) is 3.39. The Morgan fingerprint density at radius 2 is 1.76 bits per heavy atom. The van der Waals surface area contributed by atoms with Gasteiger partial charge in [0.1, 0.15) is 0 Å². The molecule has 0 aliphatic carbocycles. The van der Waals surface area contributed by atoms with Gasteiger partial charge in [0.05, 0.1) is 17.0 Å². The summed E-state index contributed by atoms with van der Waals surface area (Å²) in [5.74, 6) is 1.61. The summed E-state index contributed by atoms with van der Waals surface area (Å²) in [6.45, 7) is 6.01. The third-order valence-electron chi connectivity index (χ3n) is 6.53. The molecular formula is C26H25N5O3. The Morgan fingerprint density at radius 3 is 2.59 bits per heavy atom. The summed E-state index contributed by atoms with van der Waals surface area (Å²) in [6.07, 6.45) is 1.68. The predicted molar refractivity (Wildman–Crippen MR) is 127 cm³/mol. The van der Waals surface area contributed by atoms with Crippen molar-refractivity contribution in [2.24, 2.45) is 0 Å². The highest BCUT2D eigenvalue weighted by molar-refractivity contribution is 5.95. The van der Waals surface area contributed by atoms with Gasteiger partial charge in [0, 0.05) is 50.6 Å². The molecule has 0 spiro atoms. The first-order valence-corrected chi connectivity index (χ1v) is 11.5. The van der Waals surface area contributed by atoms with Gasteiger partial charge in [-0.25, -0.2) is 9.50 Å².